The van der Waals surface area contributed by atoms with Crippen LogP contribution in [-0.4, -0.2) is 27.9 Å². The van der Waals surface area contributed by atoms with Crippen LogP contribution in [0.3, 0.4) is 0 Å². The van der Waals surface area contributed by atoms with Crippen LogP contribution >= 0.6 is 11.6 Å². The zero-order valence-electron chi connectivity index (χ0n) is 12.2. The number of imidazole rings is 1. The van der Waals surface area contributed by atoms with Crippen molar-refractivity contribution in [3.05, 3.63) is 65.5 Å². The van der Waals surface area contributed by atoms with Gasteiger partial charge in [-0.25, -0.2) is 23.4 Å². The van der Waals surface area contributed by atoms with Gasteiger partial charge in [-0.05, 0) is 25.1 Å². The van der Waals surface area contributed by atoms with Crippen LogP contribution in [0, 0.1) is 6.92 Å². The van der Waals surface area contributed by atoms with Gasteiger partial charge in [-0.2, -0.15) is 0 Å². The lowest BCUT2D eigenvalue weighted by Crippen LogP contribution is -2.12. The average molecular weight is 349 g/mol. The monoisotopic (exact) mass is 348 g/mol. The Kier molecular flexibility index (Phi) is 4.14. The highest BCUT2D eigenvalue weighted by atomic mass is 35.5. The molecule has 0 unspecified atom stereocenters. The van der Waals surface area contributed by atoms with Crippen molar-refractivity contribution in [1.82, 2.24) is 19.5 Å². The standard InChI is InChI=1S/C15H13ClN4O2S/c1-11-18-8-12(9-19-11)10-23(21,22)15-17-5-6-20(15)14-4-2-3-13(16)7-14/h2-9H,10H2,1H3. The maximum atomic E-state index is 12.7. The normalized spacial score (nSPS) is 11.6. The Bertz CT molecular complexity index is 936. The van der Waals surface area contributed by atoms with Crippen LogP contribution in [0.15, 0.2) is 54.2 Å². The molecule has 0 saturated carbocycles. The van der Waals surface area contributed by atoms with Crippen molar-refractivity contribution in [2.75, 3.05) is 0 Å². The summed E-state index contributed by atoms with van der Waals surface area (Å²) in [5.74, 6) is 0.372. The molecular formula is C15H13ClN4O2S. The molecule has 2 heterocycles. The minimum atomic E-state index is -3.65. The predicted octanol–water partition coefficient (Wildman–Crippen LogP) is 2.60. The summed E-state index contributed by atoms with van der Waals surface area (Å²) in [6, 6.07) is 6.92. The van der Waals surface area contributed by atoms with Gasteiger partial charge in [0.15, 0.2) is 0 Å². The topological polar surface area (TPSA) is 77.7 Å². The van der Waals surface area contributed by atoms with E-state index in [1.54, 1.807) is 37.4 Å². The third kappa shape index (κ3) is 3.40. The van der Waals surface area contributed by atoms with Crippen molar-refractivity contribution in [3.8, 4) is 5.69 Å². The zero-order chi connectivity index (χ0) is 16.4. The van der Waals surface area contributed by atoms with Crippen LogP contribution in [0.1, 0.15) is 11.4 Å². The zero-order valence-corrected chi connectivity index (χ0v) is 13.8. The Morgan fingerprint density at radius 1 is 1.17 bits per heavy atom. The molecule has 0 aliphatic heterocycles. The van der Waals surface area contributed by atoms with Gasteiger partial charge in [0.2, 0.25) is 15.0 Å². The summed E-state index contributed by atoms with van der Waals surface area (Å²) >= 11 is 5.97. The van der Waals surface area contributed by atoms with E-state index in [1.807, 2.05) is 0 Å². The lowest BCUT2D eigenvalue weighted by atomic mass is 10.3. The molecule has 1 aromatic carbocycles. The van der Waals surface area contributed by atoms with E-state index in [0.717, 1.165) is 0 Å². The molecule has 0 spiro atoms. The Morgan fingerprint density at radius 3 is 2.61 bits per heavy atom. The fourth-order valence-electron chi connectivity index (χ4n) is 2.12. The molecule has 23 heavy (non-hydrogen) atoms. The van der Waals surface area contributed by atoms with Gasteiger partial charge in [0.1, 0.15) is 5.82 Å². The van der Waals surface area contributed by atoms with E-state index in [-0.39, 0.29) is 10.9 Å². The summed E-state index contributed by atoms with van der Waals surface area (Å²) in [5, 5.41) is 0.479. The molecule has 0 saturated heterocycles. The van der Waals surface area contributed by atoms with E-state index >= 15 is 0 Å². The largest absolute Gasteiger partial charge is 0.291 e. The minimum Gasteiger partial charge on any atom is -0.291 e. The van der Waals surface area contributed by atoms with Gasteiger partial charge in [-0.3, -0.25) is 4.57 Å². The van der Waals surface area contributed by atoms with E-state index in [2.05, 4.69) is 15.0 Å². The number of aromatic nitrogens is 4. The molecule has 3 rings (SSSR count). The molecule has 3 aromatic rings. The van der Waals surface area contributed by atoms with Crippen LogP contribution in [0.5, 0.6) is 0 Å². The maximum absolute atomic E-state index is 12.7. The summed E-state index contributed by atoms with van der Waals surface area (Å²) in [4.78, 5) is 12.0. The Labute approximate surface area is 138 Å². The first-order valence-corrected chi connectivity index (χ1v) is 8.78. The van der Waals surface area contributed by atoms with Gasteiger partial charge >= 0.3 is 0 Å². The van der Waals surface area contributed by atoms with Gasteiger partial charge < -0.3 is 0 Å². The Hall–Kier alpha value is -2.25. The smallest absolute Gasteiger partial charge is 0.232 e. The van der Waals surface area contributed by atoms with Crippen molar-refractivity contribution < 1.29 is 8.42 Å². The molecule has 0 amide bonds. The van der Waals surface area contributed by atoms with E-state index in [0.29, 0.717) is 22.1 Å². The predicted molar refractivity (Wildman–Crippen MR) is 86.2 cm³/mol. The number of nitrogens with zero attached hydrogens (tertiary/aromatic N) is 4. The van der Waals surface area contributed by atoms with E-state index < -0.39 is 9.84 Å². The first kappa shape index (κ1) is 15.6. The number of hydrogen-bond acceptors (Lipinski definition) is 5. The molecule has 0 aliphatic rings. The summed E-state index contributed by atoms with van der Waals surface area (Å²) in [6.45, 7) is 1.74. The minimum absolute atomic E-state index is 0.0414. The van der Waals surface area contributed by atoms with Crippen molar-refractivity contribution in [2.45, 2.75) is 17.8 Å². The first-order chi connectivity index (χ1) is 11.0. The summed E-state index contributed by atoms with van der Waals surface area (Å²) in [5.41, 5.74) is 1.14. The molecule has 8 heteroatoms. The summed E-state index contributed by atoms with van der Waals surface area (Å²) in [7, 11) is -3.65. The van der Waals surface area contributed by atoms with Gasteiger partial charge in [-0.1, -0.05) is 17.7 Å². The second-order valence-corrected chi connectivity index (χ2v) is 7.28. The number of aryl methyl sites for hydroxylation is 1. The molecular weight excluding hydrogens is 336 g/mol. The number of hydrogen-bond donors (Lipinski definition) is 0. The fourth-order valence-corrected chi connectivity index (χ4v) is 3.71. The van der Waals surface area contributed by atoms with Gasteiger partial charge in [-0.15, -0.1) is 0 Å². The van der Waals surface area contributed by atoms with Crippen molar-refractivity contribution in [2.24, 2.45) is 0 Å². The molecule has 0 aliphatic carbocycles. The van der Waals surface area contributed by atoms with Crippen molar-refractivity contribution in [1.29, 1.82) is 0 Å². The SMILES string of the molecule is Cc1ncc(CS(=O)(=O)c2nccn2-c2cccc(Cl)c2)cn1. The number of benzene rings is 1. The molecule has 0 atom stereocenters. The fraction of sp³-hybridized carbons (Fsp3) is 0.133. The molecule has 118 valence electrons. The molecule has 0 bridgehead atoms. The number of halogens is 1. The number of sulfone groups is 1. The summed E-state index contributed by atoms with van der Waals surface area (Å²) < 4.78 is 26.8. The van der Waals surface area contributed by atoms with Crippen molar-refractivity contribution >= 4 is 21.4 Å². The van der Waals surface area contributed by atoms with Crippen LogP contribution < -0.4 is 0 Å². The number of rotatable bonds is 4. The lowest BCUT2D eigenvalue weighted by molar-refractivity contribution is 0.583. The lowest BCUT2D eigenvalue weighted by Gasteiger charge is -2.09. The summed E-state index contributed by atoms with van der Waals surface area (Å²) in [6.07, 6.45) is 6.04. The van der Waals surface area contributed by atoms with E-state index in [1.165, 1.54) is 23.2 Å². The van der Waals surface area contributed by atoms with Crippen molar-refractivity contribution in [3.63, 3.8) is 0 Å². The first-order valence-electron chi connectivity index (χ1n) is 6.75. The van der Waals surface area contributed by atoms with Crippen LogP contribution in [0.4, 0.5) is 0 Å². The second kappa shape index (κ2) is 6.10. The van der Waals surface area contributed by atoms with Gasteiger partial charge in [0.05, 0.1) is 5.75 Å². The third-order valence-corrected chi connectivity index (χ3v) is 4.97. The van der Waals surface area contributed by atoms with Crippen LogP contribution in [-0.2, 0) is 15.6 Å². The third-order valence-electron chi connectivity index (χ3n) is 3.16. The molecule has 0 fully saturated rings. The van der Waals surface area contributed by atoms with E-state index in [9.17, 15) is 8.42 Å². The Balaban J connectivity index is 1.98. The van der Waals surface area contributed by atoms with Gasteiger partial charge in [0.25, 0.3) is 0 Å². The van der Waals surface area contributed by atoms with E-state index in [4.69, 9.17) is 11.6 Å². The second-order valence-electron chi connectivity index (χ2n) is 4.96. The molecule has 0 N–H and O–H groups in total. The molecule has 2 aromatic heterocycles. The average Bonchev–Trinajstić information content (AvgIpc) is 3.00. The van der Waals surface area contributed by atoms with Crippen LogP contribution in [0.25, 0.3) is 5.69 Å². The highest BCUT2D eigenvalue weighted by molar-refractivity contribution is 7.90. The van der Waals surface area contributed by atoms with Crippen LogP contribution in [0.2, 0.25) is 5.02 Å². The molecule has 0 radical (unpaired) electrons. The highest BCUT2D eigenvalue weighted by Crippen LogP contribution is 2.21. The molecule has 6 nitrogen and oxygen atoms in total. The quantitative estimate of drug-likeness (QED) is 0.724. The Morgan fingerprint density at radius 2 is 1.91 bits per heavy atom. The maximum Gasteiger partial charge on any atom is 0.232 e. The highest BCUT2D eigenvalue weighted by Gasteiger charge is 2.22. The van der Waals surface area contributed by atoms with Gasteiger partial charge in [0, 0.05) is 41.1 Å².